The third-order valence-electron chi connectivity index (χ3n) is 9.35. The van der Waals surface area contributed by atoms with Crippen molar-refractivity contribution in [3.05, 3.63) is 160 Å². The minimum Gasteiger partial charge on any atom is -0.310 e. The van der Waals surface area contributed by atoms with Crippen LogP contribution in [0, 0.1) is 6.92 Å². The van der Waals surface area contributed by atoms with E-state index in [1.165, 1.54) is 61.6 Å². The maximum absolute atomic E-state index is 2.47. The topological polar surface area (TPSA) is 3.24 Å². The van der Waals surface area contributed by atoms with Crippen molar-refractivity contribution in [2.24, 2.45) is 0 Å². The Kier molecular flexibility index (Phi) is 5.26. The van der Waals surface area contributed by atoms with Gasteiger partial charge in [-0.25, -0.2) is 0 Å². The standard InChI is InChI=1S/C39H37N/c1-26-19-24-30-34(25-26)39(31-14-8-7-13-29(31)38(30,5)6)32-15-9-11-17-35(32)40(36-18-12-10-16-33(36)39)28-22-20-27(21-23-28)37(2,3)4/h7-25H,1-6H3. The van der Waals surface area contributed by atoms with E-state index in [2.05, 4.69) is 162 Å². The van der Waals surface area contributed by atoms with Crippen LogP contribution in [-0.4, -0.2) is 0 Å². The second-order valence-electron chi connectivity index (χ2n) is 13.1. The molecular weight excluding hydrogens is 482 g/mol. The molecule has 0 aromatic heterocycles. The van der Waals surface area contributed by atoms with Gasteiger partial charge in [-0.1, -0.05) is 131 Å². The number of nitrogens with zero attached hydrogens (tertiary/aromatic N) is 1. The molecule has 0 atom stereocenters. The van der Waals surface area contributed by atoms with E-state index in [0.717, 1.165) is 0 Å². The fraction of sp³-hybridized carbons (Fsp3) is 0.231. The van der Waals surface area contributed by atoms with E-state index in [4.69, 9.17) is 0 Å². The van der Waals surface area contributed by atoms with Crippen LogP contribution >= 0.6 is 0 Å². The maximum atomic E-state index is 2.47. The molecule has 198 valence electrons. The summed E-state index contributed by atoms with van der Waals surface area (Å²) in [7, 11) is 0. The predicted octanol–water partition coefficient (Wildman–Crippen LogP) is 10.1. The zero-order valence-corrected chi connectivity index (χ0v) is 24.4. The van der Waals surface area contributed by atoms with Crippen LogP contribution < -0.4 is 4.90 Å². The van der Waals surface area contributed by atoms with Crippen molar-refractivity contribution in [3.8, 4) is 0 Å². The molecule has 0 N–H and O–H groups in total. The molecule has 2 aliphatic rings. The second kappa shape index (κ2) is 8.45. The fourth-order valence-corrected chi connectivity index (χ4v) is 7.37. The predicted molar refractivity (Wildman–Crippen MR) is 169 cm³/mol. The highest BCUT2D eigenvalue weighted by atomic mass is 15.2. The first-order chi connectivity index (χ1) is 19.1. The van der Waals surface area contributed by atoms with Crippen LogP contribution in [0.5, 0.6) is 0 Å². The summed E-state index contributed by atoms with van der Waals surface area (Å²) in [5, 5.41) is 0. The summed E-state index contributed by atoms with van der Waals surface area (Å²) in [6.07, 6.45) is 0. The van der Waals surface area contributed by atoms with Gasteiger partial charge in [-0.05, 0) is 75.5 Å². The Balaban J connectivity index is 1.61. The number of aryl methyl sites for hydroxylation is 1. The van der Waals surface area contributed by atoms with E-state index >= 15 is 0 Å². The van der Waals surface area contributed by atoms with Crippen molar-refractivity contribution >= 4 is 17.1 Å². The second-order valence-corrected chi connectivity index (χ2v) is 13.1. The Labute approximate surface area is 239 Å². The number of para-hydroxylation sites is 2. The minimum atomic E-state index is -0.414. The minimum absolute atomic E-state index is 0.102. The molecule has 1 aliphatic carbocycles. The highest BCUT2D eigenvalue weighted by molar-refractivity contribution is 5.90. The first-order valence-electron chi connectivity index (χ1n) is 14.5. The van der Waals surface area contributed by atoms with Crippen molar-refractivity contribution in [2.75, 3.05) is 4.90 Å². The molecule has 5 aromatic rings. The molecule has 1 nitrogen and oxygen atoms in total. The molecule has 1 spiro atoms. The third-order valence-corrected chi connectivity index (χ3v) is 9.35. The molecule has 0 bridgehead atoms. The summed E-state index contributed by atoms with van der Waals surface area (Å²) in [5.74, 6) is 0. The Morgan fingerprint density at radius 1 is 0.525 bits per heavy atom. The Bertz CT molecular complexity index is 1720. The van der Waals surface area contributed by atoms with Crippen LogP contribution in [-0.2, 0) is 16.2 Å². The summed E-state index contributed by atoms with van der Waals surface area (Å²) < 4.78 is 0. The molecule has 0 fully saturated rings. The van der Waals surface area contributed by atoms with Gasteiger partial charge in [-0.3, -0.25) is 0 Å². The summed E-state index contributed by atoms with van der Waals surface area (Å²) in [5.41, 5.74) is 14.2. The SMILES string of the molecule is Cc1ccc2c(c1)C1(c3ccccc3N(c3ccc(C(C)(C)C)cc3)c3ccccc31)c1ccccc1C2(C)C. The molecule has 0 radical (unpaired) electrons. The number of benzene rings is 5. The first kappa shape index (κ1) is 24.9. The number of anilines is 3. The smallest absolute Gasteiger partial charge is 0.0748 e. The van der Waals surface area contributed by atoms with Gasteiger partial charge in [0.05, 0.1) is 16.8 Å². The number of hydrogen-bond acceptors (Lipinski definition) is 1. The monoisotopic (exact) mass is 519 g/mol. The van der Waals surface area contributed by atoms with E-state index in [1.807, 2.05) is 0 Å². The van der Waals surface area contributed by atoms with Gasteiger partial charge in [0.15, 0.2) is 0 Å². The molecule has 0 saturated carbocycles. The van der Waals surface area contributed by atoms with Gasteiger partial charge in [0, 0.05) is 11.1 Å². The highest BCUT2D eigenvalue weighted by Gasteiger charge is 2.53. The van der Waals surface area contributed by atoms with E-state index in [9.17, 15) is 0 Å². The number of hydrogen-bond donors (Lipinski definition) is 0. The summed E-state index contributed by atoms with van der Waals surface area (Å²) in [4.78, 5) is 2.47. The molecular formula is C39H37N. The summed E-state index contributed by atoms with van der Waals surface area (Å²) in [6, 6.07) is 43.6. The molecule has 7 rings (SSSR count). The van der Waals surface area contributed by atoms with Crippen LogP contribution in [0.4, 0.5) is 17.1 Å². The van der Waals surface area contributed by atoms with Crippen LogP contribution in [0.1, 0.15) is 79.1 Å². The average molecular weight is 520 g/mol. The van der Waals surface area contributed by atoms with Gasteiger partial charge < -0.3 is 4.90 Å². The Morgan fingerprint density at radius 2 is 1.02 bits per heavy atom. The highest BCUT2D eigenvalue weighted by Crippen LogP contribution is 2.62. The quantitative estimate of drug-likeness (QED) is 0.209. The maximum Gasteiger partial charge on any atom is 0.0748 e. The van der Waals surface area contributed by atoms with Crippen LogP contribution in [0.2, 0.25) is 0 Å². The van der Waals surface area contributed by atoms with E-state index < -0.39 is 5.41 Å². The van der Waals surface area contributed by atoms with Crippen molar-refractivity contribution in [3.63, 3.8) is 0 Å². The van der Waals surface area contributed by atoms with Gasteiger partial charge in [0.25, 0.3) is 0 Å². The van der Waals surface area contributed by atoms with Gasteiger partial charge in [0.2, 0.25) is 0 Å². The third kappa shape index (κ3) is 3.27. The molecule has 1 heterocycles. The molecule has 40 heavy (non-hydrogen) atoms. The first-order valence-corrected chi connectivity index (χ1v) is 14.5. The van der Waals surface area contributed by atoms with Crippen molar-refractivity contribution in [1.82, 2.24) is 0 Å². The molecule has 0 saturated heterocycles. The molecule has 5 aromatic carbocycles. The number of fused-ring (bicyclic) bond motifs is 8. The van der Waals surface area contributed by atoms with Gasteiger partial charge >= 0.3 is 0 Å². The molecule has 0 unspecified atom stereocenters. The van der Waals surface area contributed by atoms with Crippen molar-refractivity contribution in [1.29, 1.82) is 0 Å². The van der Waals surface area contributed by atoms with Gasteiger partial charge in [0.1, 0.15) is 0 Å². The van der Waals surface area contributed by atoms with Crippen LogP contribution in [0.15, 0.2) is 115 Å². The van der Waals surface area contributed by atoms with E-state index in [1.54, 1.807) is 0 Å². The zero-order valence-electron chi connectivity index (χ0n) is 24.4. The number of rotatable bonds is 1. The van der Waals surface area contributed by atoms with Gasteiger partial charge in [-0.2, -0.15) is 0 Å². The lowest BCUT2D eigenvalue weighted by atomic mass is 9.53. The van der Waals surface area contributed by atoms with Crippen molar-refractivity contribution < 1.29 is 0 Å². The van der Waals surface area contributed by atoms with Gasteiger partial charge in [-0.15, -0.1) is 0 Å². The lowest BCUT2D eigenvalue weighted by molar-refractivity contribution is 0.556. The lowest BCUT2D eigenvalue weighted by Crippen LogP contribution is -2.45. The molecule has 1 aliphatic heterocycles. The molecule has 0 amide bonds. The van der Waals surface area contributed by atoms with Crippen LogP contribution in [0.25, 0.3) is 0 Å². The largest absolute Gasteiger partial charge is 0.310 e. The summed E-state index contributed by atoms with van der Waals surface area (Å²) in [6.45, 7) is 13.8. The Morgan fingerprint density at radius 3 is 1.60 bits per heavy atom. The molecule has 1 heteroatoms. The fourth-order valence-electron chi connectivity index (χ4n) is 7.37. The zero-order chi connectivity index (χ0) is 27.9. The lowest BCUT2D eigenvalue weighted by Gasteiger charge is -2.52. The van der Waals surface area contributed by atoms with E-state index in [0.29, 0.717) is 0 Å². The van der Waals surface area contributed by atoms with Crippen molar-refractivity contribution in [2.45, 2.75) is 57.8 Å². The normalized spacial score (nSPS) is 16.1. The average Bonchev–Trinajstić information content (AvgIpc) is 2.95. The summed E-state index contributed by atoms with van der Waals surface area (Å²) >= 11 is 0. The van der Waals surface area contributed by atoms with E-state index in [-0.39, 0.29) is 10.8 Å². The van der Waals surface area contributed by atoms with Crippen LogP contribution in [0.3, 0.4) is 0 Å². The Hall–Kier alpha value is -4.10.